The molecule has 1 aliphatic carbocycles. The maximum absolute atomic E-state index is 5.66. The Balaban J connectivity index is 2.10. The maximum atomic E-state index is 5.66. The highest BCUT2D eigenvalue weighted by Crippen LogP contribution is 2.32. The highest BCUT2D eigenvalue weighted by Gasteiger charge is 2.15. The fourth-order valence-corrected chi connectivity index (χ4v) is 1.47. The van der Waals surface area contributed by atoms with Gasteiger partial charge in [0, 0.05) is 12.2 Å². The zero-order valence-electron chi connectivity index (χ0n) is 7.37. The number of benzene rings is 1. The van der Waals surface area contributed by atoms with E-state index in [1.807, 2.05) is 30.3 Å². The Hall–Kier alpha value is -2.14. The molecule has 2 nitrogen and oxygen atoms in total. The van der Waals surface area contributed by atoms with E-state index in [9.17, 15) is 0 Å². The molecule has 0 fully saturated rings. The van der Waals surface area contributed by atoms with E-state index in [0.717, 1.165) is 22.9 Å². The van der Waals surface area contributed by atoms with Crippen LogP contribution >= 0.6 is 0 Å². The van der Waals surface area contributed by atoms with Gasteiger partial charge in [-0.3, -0.25) is 0 Å². The van der Waals surface area contributed by atoms with Crippen LogP contribution in [0.4, 0.5) is 5.69 Å². The average Bonchev–Trinajstić information content (AvgIpc) is 2.26. The van der Waals surface area contributed by atoms with Gasteiger partial charge in [-0.15, -0.1) is 0 Å². The van der Waals surface area contributed by atoms with Gasteiger partial charge in [-0.05, 0) is 12.1 Å². The first-order valence-corrected chi connectivity index (χ1v) is 4.39. The van der Waals surface area contributed by atoms with Gasteiger partial charge in [0.2, 0.25) is 0 Å². The van der Waals surface area contributed by atoms with Crippen molar-refractivity contribution in [2.45, 2.75) is 0 Å². The summed E-state index contributed by atoms with van der Waals surface area (Å²) in [6.07, 6.45) is 3.60. The van der Waals surface area contributed by atoms with Crippen LogP contribution in [0.3, 0.4) is 0 Å². The molecule has 1 N–H and O–H groups in total. The number of rotatable bonds is 0. The summed E-state index contributed by atoms with van der Waals surface area (Å²) in [5.74, 6) is 1.64. The second-order valence-electron chi connectivity index (χ2n) is 3.08. The molecule has 0 bridgehead atoms. The molecule has 0 spiro atoms. The van der Waals surface area contributed by atoms with Crippen LogP contribution in [0.1, 0.15) is 0 Å². The fourth-order valence-electron chi connectivity index (χ4n) is 1.47. The molecule has 0 aromatic heterocycles. The van der Waals surface area contributed by atoms with Gasteiger partial charge in [0.25, 0.3) is 0 Å². The molecule has 1 aliphatic heterocycles. The third-order valence-electron chi connectivity index (χ3n) is 2.14. The molecule has 0 saturated heterocycles. The summed E-state index contributed by atoms with van der Waals surface area (Å²) in [4.78, 5) is 0. The number of anilines is 1. The Bertz CT molecular complexity index is 480. The summed E-state index contributed by atoms with van der Waals surface area (Å²) in [7, 11) is 0. The summed E-state index contributed by atoms with van der Waals surface area (Å²) >= 11 is 0. The molecule has 0 radical (unpaired) electrons. The van der Waals surface area contributed by atoms with E-state index in [2.05, 4.69) is 16.8 Å². The number of fused-ring (bicyclic) bond motifs is 1. The van der Waals surface area contributed by atoms with Gasteiger partial charge in [0.1, 0.15) is 0 Å². The van der Waals surface area contributed by atoms with Crippen molar-refractivity contribution in [2.75, 3.05) is 5.32 Å². The molecule has 1 aromatic carbocycles. The minimum atomic E-state index is 0.794. The second-order valence-corrected chi connectivity index (χ2v) is 3.08. The van der Waals surface area contributed by atoms with Gasteiger partial charge in [-0.2, -0.15) is 0 Å². The molecule has 0 saturated carbocycles. The lowest BCUT2D eigenvalue weighted by Crippen LogP contribution is -2.12. The predicted molar refractivity (Wildman–Crippen MR) is 53.9 cm³/mol. The minimum Gasteiger partial charge on any atom is -0.452 e. The summed E-state index contributed by atoms with van der Waals surface area (Å²) in [5.41, 5.74) is 7.66. The quantitative estimate of drug-likeness (QED) is 0.621. The number of para-hydroxylation sites is 2. The van der Waals surface area contributed by atoms with Crippen molar-refractivity contribution in [1.29, 1.82) is 0 Å². The van der Waals surface area contributed by atoms with Gasteiger partial charge in [-0.25, -0.2) is 0 Å². The Kier molecular flexibility index (Phi) is 1.39. The summed E-state index contributed by atoms with van der Waals surface area (Å²) in [6.45, 7) is 0. The molecule has 2 aliphatic rings. The number of ether oxygens (including phenoxy) is 1. The zero-order valence-corrected chi connectivity index (χ0v) is 7.37. The van der Waals surface area contributed by atoms with Crippen LogP contribution in [0, 0.1) is 0 Å². The van der Waals surface area contributed by atoms with Gasteiger partial charge in [0.05, 0.1) is 11.4 Å². The summed E-state index contributed by atoms with van der Waals surface area (Å²) in [6, 6.07) is 7.83. The molecule has 0 amide bonds. The lowest BCUT2D eigenvalue weighted by molar-refractivity contribution is 0.435. The van der Waals surface area contributed by atoms with Gasteiger partial charge in [0.15, 0.2) is 11.5 Å². The van der Waals surface area contributed by atoms with E-state index in [0.29, 0.717) is 0 Å². The third-order valence-corrected chi connectivity index (χ3v) is 2.14. The van der Waals surface area contributed by atoms with Crippen molar-refractivity contribution in [3.8, 4) is 5.75 Å². The van der Waals surface area contributed by atoms with Crippen molar-refractivity contribution in [3.63, 3.8) is 0 Å². The van der Waals surface area contributed by atoms with Gasteiger partial charge >= 0.3 is 0 Å². The van der Waals surface area contributed by atoms with Crippen LogP contribution in [0.15, 0.2) is 59.3 Å². The fraction of sp³-hybridized carbons (Fsp3) is 0. The summed E-state index contributed by atoms with van der Waals surface area (Å²) < 4.78 is 5.66. The molecule has 66 valence electrons. The van der Waals surface area contributed by atoms with Gasteiger partial charge < -0.3 is 10.1 Å². The molecule has 1 aromatic rings. The highest BCUT2D eigenvalue weighted by atomic mass is 16.5. The molecular weight excluding hydrogens is 174 g/mol. The number of allylic oxidation sites excluding steroid dienone is 2. The van der Waals surface area contributed by atoms with Crippen molar-refractivity contribution < 1.29 is 4.74 Å². The molecular formula is C12H7NO. The summed E-state index contributed by atoms with van der Waals surface area (Å²) in [5, 5.41) is 3.26. The monoisotopic (exact) mass is 181 g/mol. The standard InChI is InChI=1S/C12H7NO/c1-3-7-11-9(5-1)13-10-6-2-4-8-12(10)14-11/h1,3,5-8,13H. The third kappa shape index (κ3) is 0.997. The first-order chi connectivity index (χ1) is 6.93. The van der Waals surface area contributed by atoms with E-state index < -0.39 is 0 Å². The zero-order chi connectivity index (χ0) is 9.38. The van der Waals surface area contributed by atoms with Crippen LogP contribution in [0.5, 0.6) is 5.75 Å². The number of hydrogen-bond donors (Lipinski definition) is 1. The normalized spacial score (nSPS) is 15.7. The van der Waals surface area contributed by atoms with E-state index in [4.69, 9.17) is 4.74 Å². The minimum absolute atomic E-state index is 0.794. The van der Waals surface area contributed by atoms with Crippen LogP contribution < -0.4 is 10.1 Å². The van der Waals surface area contributed by atoms with E-state index in [1.54, 1.807) is 6.08 Å². The first kappa shape index (κ1) is 7.28. The smallest absolute Gasteiger partial charge is 0.159 e. The first-order valence-electron chi connectivity index (χ1n) is 4.39. The molecule has 2 heteroatoms. The van der Waals surface area contributed by atoms with E-state index >= 15 is 0 Å². The van der Waals surface area contributed by atoms with Crippen LogP contribution in [-0.2, 0) is 0 Å². The van der Waals surface area contributed by atoms with Crippen molar-refractivity contribution in [2.24, 2.45) is 0 Å². The van der Waals surface area contributed by atoms with Crippen LogP contribution in [0.25, 0.3) is 0 Å². The second kappa shape index (κ2) is 2.68. The van der Waals surface area contributed by atoms with Crippen molar-refractivity contribution in [3.05, 3.63) is 59.3 Å². The molecule has 14 heavy (non-hydrogen) atoms. The largest absolute Gasteiger partial charge is 0.452 e. The van der Waals surface area contributed by atoms with Gasteiger partial charge in [-0.1, -0.05) is 23.6 Å². The van der Waals surface area contributed by atoms with E-state index in [1.165, 1.54) is 0 Å². The van der Waals surface area contributed by atoms with E-state index in [-0.39, 0.29) is 0 Å². The Morgan fingerprint density at radius 2 is 1.93 bits per heavy atom. The molecule has 0 atom stereocenters. The Morgan fingerprint density at radius 3 is 2.93 bits per heavy atom. The number of nitrogens with one attached hydrogen (secondary N) is 1. The molecule has 3 rings (SSSR count). The average molecular weight is 181 g/mol. The SMILES string of the molecule is C1=C=CC2=C(C=1)Nc1ccccc1O2. The molecule has 1 heterocycles. The molecule has 0 unspecified atom stereocenters. The lowest BCUT2D eigenvalue weighted by Gasteiger charge is -2.21. The Labute approximate surface area is 81.5 Å². The number of hydrogen-bond acceptors (Lipinski definition) is 2. The topological polar surface area (TPSA) is 21.3 Å². The Morgan fingerprint density at radius 1 is 1.07 bits per heavy atom. The highest BCUT2D eigenvalue weighted by molar-refractivity contribution is 5.65. The predicted octanol–water partition coefficient (Wildman–Crippen LogP) is 2.58. The maximum Gasteiger partial charge on any atom is 0.159 e. The van der Waals surface area contributed by atoms with Crippen LogP contribution in [-0.4, -0.2) is 0 Å². The van der Waals surface area contributed by atoms with Crippen molar-refractivity contribution >= 4 is 5.69 Å². The van der Waals surface area contributed by atoms with Crippen LogP contribution in [0.2, 0.25) is 0 Å². The lowest BCUT2D eigenvalue weighted by atomic mass is 10.2. The van der Waals surface area contributed by atoms with Crippen molar-refractivity contribution in [1.82, 2.24) is 0 Å².